The highest BCUT2D eigenvalue weighted by molar-refractivity contribution is 7.10. The number of hydrogen-bond donors (Lipinski definition) is 1. The highest BCUT2D eigenvalue weighted by Crippen LogP contribution is 2.32. The molecule has 4 rings (SSSR count). The van der Waals surface area contributed by atoms with Gasteiger partial charge >= 0.3 is 0 Å². The number of nitrogens with one attached hydrogen (secondary N) is 1. The molecule has 4 nitrogen and oxygen atoms in total. The van der Waals surface area contributed by atoms with Crippen molar-refractivity contribution in [2.75, 3.05) is 6.61 Å². The van der Waals surface area contributed by atoms with Gasteiger partial charge < -0.3 is 14.8 Å². The van der Waals surface area contributed by atoms with Crippen molar-refractivity contribution in [3.63, 3.8) is 0 Å². The molecule has 1 N–H and O–H groups in total. The molecule has 0 saturated heterocycles. The summed E-state index contributed by atoms with van der Waals surface area (Å²) in [4.78, 5) is 13.9. The summed E-state index contributed by atoms with van der Waals surface area (Å²) >= 11 is 1.62. The molecule has 1 aliphatic rings. The fraction of sp³-hybridized carbons (Fsp3) is 0.190. The zero-order valence-electron chi connectivity index (χ0n) is 14.3. The van der Waals surface area contributed by atoms with E-state index in [1.807, 2.05) is 60.8 Å². The number of para-hydroxylation sites is 2. The van der Waals surface area contributed by atoms with E-state index < -0.39 is 6.10 Å². The second kappa shape index (κ2) is 7.22. The van der Waals surface area contributed by atoms with Crippen LogP contribution in [0.5, 0.6) is 11.5 Å². The first kappa shape index (κ1) is 16.7. The highest BCUT2D eigenvalue weighted by atomic mass is 32.1. The fourth-order valence-corrected chi connectivity index (χ4v) is 3.72. The summed E-state index contributed by atoms with van der Waals surface area (Å²) in [5, 5.41) is 5.14. The van der Waals surface area contributed by atoms with Gasteiger partial charge in [0, 0.05) is 4.88 Å². The van der Waals surface area contributed by atoms with Crippen molar-refractivity contribution in [1.82, 2.24) is 5.32 Å². The molecule has 0 unspecified atom stereocenters. The maximum absolute atomic E-state index is 12.8. The number of benzene rings is 2. The van der Waals surface area contributed by atoms with Gasteiger partial charge in [-0.05, 0) is 36.1 Å². The normalized spacial score (nSPS) is 16.7. The van der Waals surface area contributed by atoms with Crippen LogP contribution < -0.4 is 14.8 Å². The molecule has 0 aliphatic carbocycles. The molecule has 0 bridgehead atoms. The zero-order chi connectivity index (χ0) is 17.9. The van der Waals surface area contributed by atoms with Gasteiger partial charge in [-0.1, -0.05) is 48.0 Å². The Balaban J connectivity index is 1.54. The van der Waals surface area contributed by atoms with E-state index in [1.165, 1.54) is 5.56 Å². The average molecular weight is 365 g/mol. The molecule has 1 amide bonds. The van der Waals surface area contributed by atoms with E-state index in [9.17, 15) is 4.79 Å². The summed E-state index contributed by atoms with van der Waals surface area (Å²) in [6, 6.07) is 19.4. The summed E-state index contributed by atoms with van der Waals surface area (Å²) in [5.74, 6) is 1.09. The second-order valence-electron chi connectivity index (χ2n) is 6.23. The van der Waals surface area contributed by atoms with E-state index in [2.05, 4.69) is 17.4 Å². The lowest BCUT2D eigenvalue weighted by Crippen LogP contribution is -2.45. The van der Waals surface area contributed by atoms with Crippen LogP contribution in [0.4, 0.5) is 0 Å². The van der Waals surface area contributed by atoms with Crippen molar-refractivity contribution < 1.29 is 14.3 Å². The Morgan fingerprint density at radius 1 is 1.08 bits per heavy atom. The lowest BCUT2D eigenvalue weighted by atomic mass is 10.0. The van der Waals surface area contributed by atoms with Crippen molar-refractivity contribution in [3.8, 4) is 11.5 Å². The fourth-order valence-electron chi connectivity index (χ4n) is 2.92. The Hall–Kier alpha value is -2.79. The molecule has 2 heterocycles. The molecule has 26 heavy (non-hydrogen) atoms. The SMILES string of the molecule is Cc1ccc([C@@H](NC(=O)[C@@H]2COc3ccccc3O2)c2cccs2)cc1. The van der Waals surface area contributed by atoms with Crippen molar-refractivity contribution >= 4 is 17.2 Å². The first-order valence-corrected chi connectivity index (χ1v) is 9.37. The standard InChI is InChI=1S/C21H19NO3S/c1-14-8-10-15(11-9-14)20(19-7-4-12-26-19)22-21(23)18-13-24-16-5-2-3-6-17(16)25-18/h2-12,18,20H,13H2,1H3,(H,22,23)/t18-,20+/m0/s1. The van der Waals surface area contributed by atoms with Crippen LogP contribution in [0.25, 0.3) is 0 Å². The van der Waals surface area contributed by atoms with Gasteiger partial charge in [0.1, 0.15) is 6.61 Å². The van der Waals surface area contributed by atoms with Crippen LogP contribution in [0.1, 0.15) is 22.0 Å². The summed E-state index contributed by atoms with van der Waals surface area (Å²) in [7, 11) is 0. The lowest BCUT2D eigenvalue weighted by Gasteiger charge is -2.27. The van der Waals surface area contributed by atoms with Crippen LogP contribution in [0.3, 0.4) is 0 Å². The topological polar surface area (TPSA) is 47.6 Å². The van der Waals surface area contributed by atoms with Crippen LogP contribution >= 0.6 is 11.3 Å². The average Bonchev–Trinajstić information content (AvgIpc) is 3.21. The third-order valence-electron chi connectivity index (χ3n) is 4.33. The van der Waals surface area contributed by atoms with E-state index in [0.29, 0.717) is 11.5 Å². The minimum Gasteiger partial charge on any atom is -0.485 e. The summed E-state index contributed by atoms with van der Waals surface area (Å²) in [6.07, 6.45) is -0.669. The minimum atomic E-state index is -0.669. The molecule has 132 valence electrons. The first-order valence-electron chi connectivity index (χ1n) is 8.49. The van der Waals surface area contributed by atoms with E-state index in [4.69, 9.17) is 9.47 Å². The molecule has 0 spiro atoms. The van der Waals surface area contributed by atoms with Crippen LogP contribution in [0.15, 0.2) is 66.0 Å². The van der Waals surface area contributed by atoms with Crippen molar-refractivity contribution in [1.29, 1.82) is 0 Å². The Morgan fingerprint density at radius 3 is 2.58 bits per heavy atom. The highest BCUT2D eigenvalue weighted by Gasteiger charge is 2.29. The lowest BCUT2D eigenvalue weighted by molar-refractivity contribution is -0.130. The van der Waals surface area contributed by atoms with Crippen molar-refractivity contribution in [2.24, 2.45) is 0 Å². The van der Waals surface area contributed by atoms with E-state index >= 15 is 0 Å². The van der Waals surface area contributed by atoms with Gasteiger partial charge in [0.2, 0.25) is 6.10 Å². The van der Waals surface area contributed by atoms with Crippen LogP contribution in [0, 0.1) is 6.92 Å². The number of aryl methyl sites for hydroxylation is 1. The van der Waals surface area contributed by atoms with Gasteiger partial charge in [0.15, 0.2) is 11.5 Å². The second-order valence-corrected chi connectivity index (χ2v) is 7.21. The Bertz CT molecular complexity index is 890. The molecule has 0 fully saturated rings. The number of carbonyl (C=O) groups is 1. The zero-order valence-corrected chi connectivity index (χ0v) is 15.2. The summed E-state index contributed by atoms with van der Waals surface area (Å²) in [6.45, 7) is 2.25. The van der Waals surface area contributed by atoms with Crippen molar-refractivity contribution in [2.45, 2.75) is 19.1 Å². The molecule has 1 aromatic heterocycles. The minimum absolute atomic E-state index is 0.182. The molecular formula is C21H19NO3S. The molecule has 3 aromatic rings. The van der Waals surface area contributed by atoms with Gasteiger partial charge in [-0.15, -0.1) is 11.3 Å². The number of hydrogen-bond acceptors (Lipinski definition) is 4. The third-order valence-corrected chi connectivity index (χ3v) is 5.26. The summed E-state index contributed by atoms with van der Waals surface area (Å²) < 4.78 is 11.5. The number of thiophene rings is 1. The third kappa shape index (κ3) is 3.44. The quantitative estimate of drug-likeness (QED) is 0.757. The molecule has 2 aromatic carbocycles. The van der Waals surface area contributed by atoms with Gasteiger partial charge in [-0.2, -0.15) is 0 Å². The number of amides is 1. The molecule has 2 atom stereocenters. The van der Waals surface area contributed by atoms with E-state index in [-0.39, 0.29) is 18.6 Å². The maximum Gasteiger partial charge on any atom is 0.265 e. The Labute approximate surface area is 156 Å². The van der Waals surface area contributed by atoms with Crippen LogP contribution in [0.2, 0.25) is 0 Å². The maximum atomic E-state index is 12.8. The first-order chi connectivity index (χ1) is 12.7. The van der Waals surface area contributed by atoms with Crippen LogP contribution in [-0.4, -0.2) is 18.6 Å². The molecule has 0 saturated carbocycles. The van der Waals surface area contributed by atoms with Crippen LogP contribution in [-0.2, 0) is 4.79 Å². The Morgan fingerprint density at radius 2 is 1.85 bits per heavy atom. The number of ether oxygens (including phenoxy) is 2. The van der Waals surface area contributed by atoms with Gasteiger partial charge in [-0.3, -0.25) is 4.79 Å². The number of fused-ring (bicyclic) bond motifs is 1. The predicted molar refractivity (Wildman–Crippen MR) is 102 cm³/mol. The van der Waals surface area contributed by atoms with Gasteiger partial charge in [0.05, 0.1) is 6.04 Å². The van der Waals surface area contributed by atoms with Gasteiger partial charge in [-0.25, -0.2) is 0 Å². The predicted octanol–water partition coefficient (Wildman–Crippen LogP) is 4.10. The molecule has 5 heteroatoms. The largest absolute Gasteiger partial charge is 0.485 e. The number of rotatable bonds is 4. The monoisotopic (exact) mass is 365 g/mol. The van der Waals surface area contributed by atoms with E-state index in [0.717, 1.165) is 10.4 Å². The molecule has 1 aliphatic heterocycles. The molecular weight excluding hydrogens is 346 g/mol. The van der Waals surface area contributed by atoms with E-state index in [1.54, 1.807) is 11.3 Å². The summed E-state index contributed by atoms with van der Waals surface area (Å²) in [5.41, 5.74) is 2.23. The number of carbonyl (C=O) groups excluding carboxylic acids is 1. The smallest absolute Gasteiger partial charge is 0.265 e. The van der Waals surface area contributed by atoms with Crippen molar-refractivity contribution in [3.05, 3.63) is 82.0 Å². The molecule has 0 radical (unpaired) electrons. The van der Waals surface area contributed by atoms with Gasteiger partial charge in [0.25, 0.3) is 5.91 Å². The Kier molecular flexibility index (Phi) is 4.63.